The Morgan fingerprint density at radius 3 is 2.83 bits per heavy atom. The highest BCUT2D eigenvalue weighted by Crippen LogP contribution is 2.28. The van der Waals surface area contributed by atoms with Crippen molar-refractivity contribution >= 4 is 54.8 Å². The SMILES string of the molecule is Cc1cccc2sc(NC(=S)c3nc4ccccc4c(=O)[nH]3)nc12. The fourth-order valence-electron chi connectivity index (χ4n) is 2.49. The van der Waals surface area contributed by atoms with Crippen LogP contribution in [0.25, 0.3) is 21.1 Å². The van der Waals surface area contributed by atoms with E-state index >= 15 is 0 Å². The van der Waals surface area contributed by atoms with Crippen LogP contribution < -0.4 is 10.9 Å². The molecule has 2 aromatic carbocycles. The van der Waals surface area contributed by atoms with E-state index in [1.54, 1.807) is 18.2 Å². The quantitative estimate of drug-likeness (QED) is 0.539. The second-order valence-corrected chi connectivity index (χ2v) is 6.77. The first-order valence-corrected chi connectivity index (χ1v) is 8.51. The molecule has 0 amide bonds. The van der Waals surface area contributed by atoms with Gasteiger partial charge in [-0.3, -0.25) is 4.79 Å². The van der Waals surface area contributed by atoms with E-state index in [0.29, 0.717) is 26.8 Å². The maximum Gasteiger partial charge on any atom is 0.259 e. The molecule has 4 rings (SSSR count). The molecule has 0 saturated heterocycles. The average molecular weight is 352 g/mol. The first-order chi connectivity index (χ1) is 11.6. The van der Waals surface area contributed by atoms with Crippen LogP contribution in [0.4, 0.5) is 5.13 Å². The van der Waals surface area contributed by atoms with Crippen LogP contribution in [-0.4, -0.2) is 19.9 Å². The third-order valence-electron chi connectivity index (χ3n) is 3.67. The first kappa shape index (κ1) is 14.9. The average Bonchev–Trinajstić information content (AvgIpc) is 2.99. The molecule has 2 aromatic heterocycles. The molecule has 2 N–H and O–H groups in total. The van der Waals surface area contributed by atoms with Crippen LogP contribution >= 0.6 is 23.6 Å². The second kappa shape index (κ2) is 5.77. The van der Waals surface area contributed by atoms with Crippen molar-refractivity contribution in [2.24, 2.45) is 0 Å². The van der Waals surface area contributed by atoms with Crippen LogP contribution in [0, 0.1) is 6.92 Å². The van der Waals surface area contributed by atoms with Crippen LogP contribution in [0.3, 0.4) is 0 Å². The number of H-pyrrole nitrogens is 1. The number of anilines is 1. The predicted octanol–water partition coefficient (Wildman–Crippen LogP) is 3.63. The summed E-state index contributed by atoms with van der Waals surface area (Å²) < 4.78 is 1.08. The zero-order valence-electron chi connectivity index (χ0n) is 12.7. The Balaban J connectivity index is 1.70. The normalized spacial score (nSPS) is 11.0. The van der Waals surface area contributed by atoms with Gasteiger partial charge in [-0.1, -0.05) is 47.8 Å². The molecule has 0 fully saturated rings. The molecule has 5 nitrogen and oxygen atoms in total. The number of hydrogen-bond acceptors (Lipinski definition) is 5. The lowest BCUT2D eigenvalue weighted by Gasteiger charge is -2.05. The summed E-state index contributed by atoms with van der Waals surface area (Å²) in [6.45, 7) is 2.02. The zero-order chi connectivity index (χ0) is 16.7. The van der Waals surface area contributed by atoms with Crippen LogP contribution in [-0.2, 0) is 0 Å². The number of nitrogens with one attached hydrogen (secondary N) is 2. The molecule has 0 atom stereocenters. The molecule has 24 heavy (non-hydrogen) atoms. The molecule has 0 aliphatic rings. The number of nitrogens with zero attached hydrogens (tertiary/aromatic N) is 2. The molecule has 0 bridgehead atoms. The summed E-state index contributed by atoms with van der Waals surface area (Å²) in [5.41, 5.74) is 2.47. The minimum absolute atomic E-state index is 0.208. The fourth-order valence-corrected chi connectivity index (χ4v) is 3.70. The summed E-state index contributed by atoms with van der Waals surface area (Å²) in [6.07, 6.45) is 0. The van der Waals surface area contributed by atoms with Gasteiger partial charge in [-0.05, 0) is 30.7 Å². The molecular formula is C17H12N4OS2. The van der Waals surface area contributed by atoms with E-state index in [2.05, 4.69) is 20.3 Å². The summed E-state index contributed by atoms with van der Waals surface area (Å²) in [6, 6.07) is 13.2. The van der Waals surface area contributed by atoms with E-state index in [4.69, 9.17) is 12.2 Å². The monoisotopic (exact) mass is 352 g/mol. The number of hydrogen-bond donors (Lipinski definition) is 2. The lowest BCUT2D eigenvalue weighted by molar-refractivity contribution is 1.14. The van der Waals surface area contributed by atoms with Crippen molar-refractivity contribution in [3.63, 3.8) is 0 Å². The van der Waals surface area contributed by atoms with Crippen molar-refractivity contribution in [3.05, 3.63) is 64.2 Å². The molecule has 0 aliphatic heterocycles. The van der Waals surface area contributed by atoms with Crippen molar-refractivity contribution in [3.8, 4) is 0 Å². The van der Waals surface area contributed by atoms with Gasteiger partial charge < -0.3 is 10.3 Å². The van der Waals surface area contributed by atoms with Crippen molar-refractivity contribution in [2.75, 3.05) is 5.32 Å². The summed E-state index contributed by atoms with van der Waals surface area (Å²) in [5.74, 6) is 0.338. The Labute approximate surface area is 146 Å². The van der Waals surface area contributed by atoms with E-state index in [-0.39, 0.29) is 5.56 Å². The van der Waals surface area contributed by atoms with Crippen molar-refractivity contribution in [1.82, 2.24) is 15.0 Å². The number of aromatic nitrogens is 3. The lowest BCUT2D eigenvalue weighted by atomic mass is 10.2. The molecule has 0 unspecified atom stereocenters. The van der Waals surface area contributed by atoms with E-state index in [9.17, 15) is 4.79 Å². The molecule has 4 aromatic rings. The molecule has 0 aliphatic carbocycles. The van der Waals surface area contributed by atoms with Crippen LogP contribution in [0.5, 0.6) is 0 Å². The number of fused-ring (bicyclic) bond motifs is 2. The second-order valence-electron chi connectivity index (χ2n) is 5.33. The van der Waals surface area contributed by atoms with Gasteiger partial charge in [0.15, 0.2) is 11.0 Å². The highest BCUT2D eigenvalue weighted by molar-refractivity contribution is 7.81. The van der Waals surface area contributed by atoms with Gasteiger partial charge in [-0.2, -0.15) is 0 Å². The molecule has 2 heterocycles. The third-order valence-corrected chi connectivity index (χ3v) is 4.90. The van der Waals surface area contributed by atoms with Crippen LogP contribution in [0.1, 0.15) is 11.4 Å². The predicted molar refractivity (Wildman–Crippen MR) is 102 cm³/mol. The standard InChI is InChI=1S/C17H12N4OS2/c1-9-5-4-8-12-13(9)19-17(24-12)21-16(23)14-18-11-7-3-2-6-10(11)15(22)20-14/h2-8H,1H3,(H,18,20,22)(H,19,21,23). The van der Waals surface area contributed by atoms with Gasteiger partial charge in [0.05, 0.1) is 21.1 Å². The minimum atomic E-state index is -0.208. The van der Waals surface area contributed by atoms with Crippen LogP contribution in [0.2, 0.25) is 0 Å². The summed E-state index contributed by atoms with van der Waals surface area (Å²) in [4.78, 5) is 24.2. The lowest BCUT2D eigenvalue weighted by Crippen LogP contribution is -2.20. The third kappa shape index (κ3) is 2.57. The Morgan fingerprint density at radius 2 is 2.00 bits per heavy atom. The summed E-state index contributed by atoms with van der Waals surface area (Å²) in [7, 11) is 0. The van der Waals surface area contributed by atoms with Gasteiger partial charge in [0.1, 0.15) is 4.99 Å². The van der Waals surface area contributed by atoms with Gasteiger partial charge >= 0.3 is 0 Å². The number of rotatable bonds is 2. The van der Waals surface area contributed by atoms with E-state index in [1.807, 2.05) is 31.2 Å². The van der Waals surface area contributed by atoms with Gasteiger partial charge in [0.2, 0.25) is 0 Å². The highest BCUT2D eigenvalue weighted by Gasteiger charge is 2.11. The number of thiocarbonyl (C=S) groups is 1. The Morgan fingerprint density at radius 1 is 1.17 bits per heavy atom. The number of aromatic amines is 1. The molecule has 0 spiro atoms. The number of para-hydroxylation sites is 2. The highest BCUT2D eigenvalue weighted by atomic mass is 32.1. The van der Waals surface area contributed by atoms with Gasteiger partial charge in [-0.15, -0.1) is 0 Å². The van der Waals surface area contributed by atoms with Crippen LogP contribution in [0.15, 0.2) is 47.3 Å². The van der Waals surface area contributed by atoms with Gasteiger partial charge in [-0.25, -0.2) is 9.97 Å². The Hall–Kier alpha value is -2.64. The zero-order valence-corrected chi connectivity index (χ0v) is 14.3. The van der Waals surface area contributed by atoms with Crippen molar-refractivity contribution in [1.29, 1.82) is 0 Å². The number of aryl methyl sites for hydroxylation is 1. The van der Waals surface area contributed by atoms with E-state index in [0.717, 1.165) is 15.8 Å². The van der Waals surface area contributed by atoms with E-state index in [1.165, 1.54) is 11.3 Å². The fraction of sp³-hybridized carbons (Fsp3) is 0.0588. The summed E-state index contributed by atoms with van der Waals surface area (Å²) in [5, 5.41) is 4.29. The largest absolute Gasteiger partial charge is 0.319 e. The first-order valence-electron chi connectivity index (χ1n) is 7.28. The smallest absolute Gasteiger partial charge is 0.259 e. The van der Waals surface area contributed by atoms with Gasteiger partial charge in [0, 0.05) is 0 Å². The number of benzene rings is 2. The maximum atomic E-state index is 12.1. The topological polar surface area (TPSA) is 70.7 Å². The van der Waals surface area contributed by atoms with Crippen molar-refractivity contribution in [2.45, 2.75) is 6.92 Å². The van der Waals surface area contributed by atoms with E-state index < -0.39 is 0 Å². The molecular weight excluding hydrogens is 340 g/mol. The molecule has 0 radical (unpaired) electrons. The van der Waals surface area contributed by atoms with Gasteiger partial charge in [0.25, 0.3) is 5.56 Å². The molecule has 118 valence electrons. The maximum absolute atomic E-state index is 12.1. The van der Waals surface area contributed by atoms with Crippen molar-refractivity contribution < 1.29 is 0 Å². The minimum Gasteiger partial charge on any atom is -0.319 e. The number of thiazole rings is 1. The Kier molecular flexibility index (Phi) is 3.59. The Bertz CT molecular complexity index is 1150. The molecule has 0 saturated carbocycles. The summed E-state index contributed by atoms with van der Waals surface area (Å²) >= 11 is 6.90. The molecule has 7 heteroatoms.